The van der Waals surface area contributed by atoms with E-state index in [2.05, 4.69) is 9.97 Å². The minimum Gasteiger partial charge on any atom is -0.462 e. The molecule has 0 atom stereocenters. The fraction of sp³-hybridized carbons (Fsp3) is 0.214. The number of carbonyl (C=O) groups is 1. The number of esters is 1. The maximum Gasteiger partial charge on any atom is 0.343 e. The normalized spacial score (nSPS) is 11.1. The minimum absolute atomic E-state index is 0.0116. The van der Waals surface area contributed by atoms with Gasteiger partial charge < -0.3 is 9.72 Å². The molecule has 2 aromatic heterocycles. The SMILES string of the molecule is CCOC(=O)c1c[nH]c2ccc3sc(C)nc3c2c1=O. The number of nitrogens with one attached hydrogen (secondary N) is 1. The highest BCUT2D eigenvalue weighted by atomic mass is 32.1. The Balaban J connectivity index is 2.37. The van der Waals surface area contributed by atoms with Crippen molar-refractivity contribution in [2.45, 2.75) is 13.8 Å². The summed E-state index contributed by atoms with van der Waals surface area (Å²) in [6, 6.07) is 3.74. The zero-order valence-corrected chi connectivity index (χ0v) is 11.8. The topological polar surface area (TPSA) is 72.1 Å². The second kappa shape index (κ2) is 4.72. The van der Waals surface area contributed by atoms with E-state index in [9.17, 15) is 9.59 Å². The highest BCUT2D eigenvalue weighted by Gasteiger charge is 2.16. The third kappa shape index (κ3) is 1.89. The van der Waals surface area contributed by atoms with Crippen LogP contribution in [0.25, 0.3) is 21.1 Å². The summed E-state index contributed by atoms with van der Waals surface area (Å²) in [5.41, 5.74) is 0.976. The molecule has 0 radical (unpaired) electrons. The number of pyridine rings is 1. The van der Waals surface area contributed by atoms with Crippen LogP contribution in [0.4, 0.5) is 0 Å². The van der Waals surface area contributed by atoms with Crippen LogP contribution in [0.3, 0.4) is 0 Å². The van der Waals surface area contributed by atoms with Gasteiger partial charge >= 0.3 is 5.97 Å². The fourth-order valence-electron chi connectivity index (χ4n) is 2.17. The van der Waals surface area contributed by atoms with Crippen LogP contribution in [0.15, 0.2) is 23.1 Å². The Morgan fingerprint density at radius 1 is 1.45 bits per heavy atom. The summed E-state index contributed by atoms with van der Waals surface area (Å²) in [5, 5.41) is 1.32. The van der Waals surface area contributed by atoms with E-state index in [0.29, 0.717) is 16.4 Å². The van der Waals surface area contributed by atoms with E-state index in [-0.39, 0.29) is 17.6 Å². The monoisotopic (exact) mass is 288 g/mol. The van der Waals surface area contributed by atoms with Gasteiger partial charge in [-0.15, -0.1) is 11.3 Å². The Morgan fingerprint density at radius 2 is 2.25 bits per heavy atom. The van der Waals surface area contributed by atoms with Crippen molar-refractivity contribution in [2.24, 2.45) is 0 Å². The van der Waals surface area contributed by atoms with Crippen molar-refractivity contribution in [2.75, 3.05) is 6.61 Å². The van der Waals surface area contributed by atoms with Crippen LogP contribution in [-0.2, 0) is 4.74 Å². The highest BCUT2D eigenvalue weighted by molar-refractivity contribution is 7.18. The van der Waals surface area contributed by atoms with Gasteiger partial charge in [-0.25, -0.2) is 9.78 Å². The summed E-state index contributed by atoms with van der Waals surface area (Å²) in [7, 11) is 0. The summed E-state index contributed by atoms with van der Waals surface area (Å²) >= 11 is 1.52. The predicted molar refractivity (Wildman–Crippen MR) is 78.4 cm³/mol. The standard InChI is InChI=1S/C14H12N2O3S/c1-3-19-14(18)8-6-15-9-4-5-10-12(11(9)13(8)17)16-7(2)20-10/h4-6H,3H2,1-2H3,(H,15,17). The van der Waals surface area contributed by atoms with Crippen molar-refractivity contribution >= 4 is 38.4 Å². The number of thiazole rings is 1. The number of aryl methyl sites for hydroxylation is 1. The summed E-state index contributed by atoms with van der Waals surface area (Å²) in [4.78, 5) is 31.7. The third-order valence-electron chi connectivity index (χ3n) is 3.01. The number of hydrogen-bond acceptors (Lipinski definition) is 5. The van der Waals surface area contributed by atoms with Crippen LogP contribution in [0.5, 0.6) is 0 Å². The second-order valence-corrected chi connectivity index (χ2v) is 5.55. The molecular formula is C14H12N2O3S. The molecule has 20 heavy (non-hydrogen) atoms. The van der Waals surface area contributed by atoms with E-state index >= 15 is 0 Å². The van der Waals surface area contributed by atoms with Gasteiger partial charge in [0.25, 0.3) is 0 Å². The largest absolute Gasteiger partial charge is 0.462 e. The maximum atomic E-state index is 12.5. The molecule has 5 nitrogen and oxygen atoms in total. The Hall–Kier alpha value is -2.21. The molecule has 3 aromatic rings. The number of hydrogen-bond donors (Lipinski definition) is 1. The van der Waals surface area contributed by atoms with Crippen LogP contribution < -0.4 is 5.43 Å². The average Bonchev–Trinajstić information content (AvgIpc) is 2.79. The van der Waals surface area contributed by atoms with E-state index in [0.717, 1.165) is 9.71 Å². The van der Waals surface area contributed by atoms with E-state index in [4.69, 9.17) is 4.74 Å². The number of benzene rings is 1. The summed E-state index contributed by atoms with van der Waals surface area (Å²) < 4.78 is 5.83. The molecule has 3 rings (SSSR count). The van der Waals surface area contributed by atoms with Gasteiger partial charge in [0.2, 0.25) is 5.43 Å². The Morgan fingerprint density at radius 3 is 3.00 bits per heavy atom. The molecule has 1 N–H and O–H groups in total. The van der Waals surface area contributed by atoms with Gasteiger partial charge in [0, 0.05) is 6.20 Å². The van der Waals surface area contributed by atoms with Gasteiger partial charge in [-0.3, -0.25) is 4.79 Å². The lowest BCUT2D eigenvalue weighted by atomic mass is 10.1. The number of ether oxygens (including phenoxy) is 1. The number of H-pyrrole nitrogens is 1. The van der Waals surface area contributed by atoms with Crippen LogP contribution in [0.2, 0.25) is 0 Å². The second-order valence-electron chi connectivity index (χ2n) is 4.32. The summed E-state index contributed by atoms with van der Waals surface area (Å²) in [5.74, 6) is -0.611. The van der Waals surface area contributed by atoms with E-state index in [1.165, 1.54) is 17.5 Å². The van der Waals surface area contributed by atoms with Gasteiger partial charge in [-0.05, 0) is 26.0 Å². The molecule has 0 saturated heterocycles. The molecule has 0 aliphatic heterocycles. The Kier molecular flexibility index (Phi) is 3.02. The first-order valence-corrected chi connectivity index (χ1v) is 7.02. The van der Waals surface area contributed by atoms with Crippen LogP contribution in [0.1, 0.15) is 22.3 Å². The number of nitrogens with zero attached hydrogens (tertiary/aromatic N) is 1. The minimum atomic E-state index is -0.611. The molecule has 2 heterocycles. The lowest BCUT2D eigenvalue weighted by Crippen LogP contribution is -2.18. The molecule has 0 aliphatic rings. The van der Waals surface area contributed by atoms with Gasteiger partial charge in [-0.2, -0.15) is 0 Å². The van der Waals surface area contributed by atoms with Crippen LogP contribution in [0, 0.1) is 6.92 Å². The van der Waals surface area contributed by atoms with Gasteiger partial charge in [0.1, 0.15) is 5.56 Å². The van der Waals surface area contributed by atoms with Crippen LogP contribution >= 0.6 is 11.3 Å². The van der Waals surface area contributed by atoms with Crippen molar-refractivity contribution < 1.29 is 9.53 Å². The number of fused-ring (bicyclic) bond motifs is 3. The number of carbonyl (C=O) groups excluding carboxylic acids is 1. The molecule has 0 bridgehead atoms. The zero-order chi connectivity index (χ0) is 14.3. The zero-order valence-electron chi connectivity index (χ0n) is 11.0. The fourth-order valence-corrected chi connectivity index (χ4v) is 3.00. The number of aromatic nitrogens is 2. The molecule has 1 aromatic carbocycles. The molecule has 0 aliphatic carbocycles. The predicted octanol–water partition coefficient (Wildman–Crippen LogP) is 2.62. The molecular weight excluding hydrogens is 276 g/mol. The first-order valence-electron chi connectivity index (χ1n) is 6.20. The Labute approximate surface area is 118 Å². The molecule has 0 amide bonds. The first-order chi connectivity index (χ1) is 9.61. The summed E-state index contributed by atoms with van der Waals surface area (Å²) in [6.45, 7) is 3.82. The molecule has 0 unspecified atom stereocenters. The van der Waals surface area contributed by atoms with E-state index in [1.807, 2.05) is 19.1 Å². The lowest BCUT2D eigenvalue weighted by molar-refractivity contribution is 0.0524. The smallest absolute Gasteiger partial charge is 0.343 e. The van der Waals surface area contributed by atoms with Gasteiger partial charge in [0.15, 0.2) is 0 Å². The van der Waals surface area contributed by atoms with Crippen LogP contribution in [-0.4, -0.2) is 22.5 Å². The van der Waals surface area contributed by atoms with Crippen molar-refractivity contribution in [3.8, 4) is 0 Å². The molecule has 0 spiro atoms. The first kappa shape index (κ1) is 12.8. The van der Waals surface area contributed by atoms with Gasteiger partial charge in [0.05, 0.1) is 32.7 Å². The highest BCUT2D eigenvalue weighted by Crippen LogP contribution is 2.26. The van der Waals surface area contributed by atoms with Crippen molar-refractivity contribution in [3.63, 3.8) is 0 Å². The van der Waals surface area contributed by atoms with E-state index in [1.54, 1.807) is 6.92 Å². The molecule has 0 saturated carbocycles. The Bertz CT molecular complexity index is 879. The number of rotatable bonds is 2. The molecule has 102 valence electrons. The average molecular weight is 288 g/mol. The van der Waals surface area contributed by atoms with Crippen molar-refractivity contribution in [1.29, 1.82) is 0 Å². The number of aromatic amines is 1. The maximum absolute atomic E-state index is 12.5. The van der Waals surface area contributed by atoms with E-state index < -0.39 is 5.97 Å². The van der Waals surface area contributed by atoms with Crippen molar-refractivity contribution in [1.82, 2.24) is 9.97 Å². The third-order valence-corrected chi connectivity index (χ3v) is 3.94. The lowest BCUT2D eigenvalue weighted by Gasteiger charge is -2.03. The summed E-state index contributed by atoms with van der Waals surface area (Å²) in [6.07, 6.45) is 1.40. The van der Waals surface area contributed by atoms with Crippen molar-refractivity contribution in [3.05, 3.63) is 39.1 Å². The molecule has 0 fully saturated rings. The quantitative estimate of drug-likeness (QED) is 0.736. The van der Waals surface area contributed by atoms with Gasteiger partial charge in [-0.1, -0.05) is 0 Å². The molecule has 6 heteroatoms.